The highest BCUT2D eigenvalue weighted by molar-refractivity contribution is 7.47. The molecule has 0 aliphatic heterocycles. The van der Waals surface area contributed by atoms with Crippen LogP contribution in [0.15, 0.2) is 11.6 Å². The first-order chi connectivity index (χ1) is 44.0. The minimum absolute atomic E-state index is 0.0251. The van der Waals surface area contributed by atoms with Crippen LogP contribution in [-0.4, -0.2) is 72.2 Å². The number of amides is 1. The van der Waals surface area contributed by atoms with Gasteiger partial charge in [0.15, 0.2) is 11.9 Å². The average Bonchev–Trinajstić information content (AvgIpc) is 0.676. The van der Waals surface area contributed by atoms with E-state index in [1.54, 1.807) is 0 Å². The Morgan fingerprint density at radius 1 is 0.554 bits per heavy atom. The molecule has 3 N–H and O–H groups in total. The van der Waals surface area contributed by atoms with Crippen LogP contribution in [-0.2, 0) is 42.3 Å². The number of carbonyl (C=O) groups excluding carboxylic acids is 4. The molecule has 11 atom stereocenters. The van der Waals surface area contributed by atoms with E-state index in [-0.39, 0.29) is 95.2 Å². The predicted octanol–water partition coefficient (Wildman–Crippen LogP) is 21.7. The largest absolute Gasteiger partial charge is 0.472 e. The number of hydrogen-bond acceptors (Lipinski definition) is 10. The first-order valence-electron chi connectivity index (χ1n) is 39.2. The number of carbonyl (C=O) groups is 4. The lowest BCUT2D eigenvalue weighted by Gasteiger charge is -2.70. The fourth-order valence-electron chi connectivity index (χ4n) is 18.4. The predicted molar refractivity (Wildman–Crippen MR) is 377 cm³/mol. The van der Waals surface area contributed by atoms with Crippen molar-refractivity contribution in [3.63, 3.8) is 0 Å². The SMILES string of the molecule is CCCCCCCCCCCCCCCCCCCCCC(=O)OCC(COP(=O)(O)OCCNC(=O)[C@@]1(C)CC[C@]2(C)CC[C@]3(C)C(=CC(=O)[C@@H]4[C@@]5(C)CC[C@H](O)C(C)(C)[C@@H]5CC[C@]43C)[C@@H]2C1)OC(=O)CCCCCCCCCCCCCCCCCCCCC. The van der Waals surface area contributed by atoms with Crippen molar-refractivity contribution in [1.29, 1.82) is 0 Å². The van der Waals surface area contributed by atoms with Gasteiger partial charge in [-0.15, -0.1) is 0 Å². The summed E-state index contributed by atoms with van der Waals surface area (Å²) in [6, 6.07) is 0. The maximum Gasteiger partial charge on any atom is 0.472 e. The quantitative estimate of drug-likeness (QED) is 0.0300. The zero-order chi connectivity index (χ0) is 67.0. The van der Waals surface area contributed by atoms with Crippen molar-refractivity contribution in [2.75, 3.05) is 26.4 Å². The standard InChI is InChI=1S/C79H142NO11P/c1-10-12-14-16-18-20-22-24-26-28-30-32-34-36-38-40-42-44-46-48-70(83)88-62-64(91-71(84)49-47-45-43-41-39-37-35-33-31-29-27-25-23-21-19-17-15-13-11-2)63-90-92(86,87)89-59-58-80-73(85)76(6)55-54-75(5)56-57-78(8)65(66(75)61-76)60-67(81)72-77(7)52-51-69(82)74(3,4)68(77)50-53-79(72,78)9/h60,64,66,68-69,72,82H,10-59,61-63H2,1-9H3,(H,80,85)(H,86,87)/t64?,66-,68-,69-,72+,75+,76-,77-,78+,79+/m0/s1. The molecule has 0 aromatic rings. The topological polar surface area (TPSA) is 175 Å². The molecule has 1 amide bonds. The van der Waals surface area contributed by atoms with Crippen LogP contribution < -0.4 is 5.32 Å². The molecule has 5 aliphatic rings. The van der Waals surface area contributed by atoms with Gasteiger partial charge in [-0.1, -0.05) is 299 Å². The maximum atomic E-state index is 14.9. The van der Waals surface area contributed by atoms with E-state index in [1.807, 2.05) is 13.0 Å². The van der Waals surface area contributed by atoms with Crippen molar-refractivity contribution in [1.82, 2.24) is 5.32 Å². The van der Waals surface area contributed by atoms with Gasteiger partial charge in [0.25, 0.3) is 0 Å². The van der Waals surface area contributed by atoms with Gasteiger partial charge in [-0.2, -0.15) is 0 Å². The van der Waals surface area contributed by atoms with Crippen molar-refractivity contribution < 1.29 is 52.3 Å². The van der Waals surface area contributed by atoms with Crippen molar-refractivity contribution in [2.24, 2.45) is 50.2 Å². The number of fused-ring (bicyclic) bond motifs is 7. The highest BCUT2D eigenvalue weighted by Crippen LogP contribution is 2.75. The van der Waals surface area contributed by atoms with E-state index < -0.39 is 37.9 Å². The van der Waals surface area contributed by atoms with Crippen LogP contribution in [0.25, 0.3) is 0 Å². The van der Waals surface area contributed by atoms with Gasteiger partial charge in [0.2, 0.25) is 5.91 Å². The van der Waals surface area contributed by atoms with Crippen molar-refractivity contribution >= 4 is 31.5 Å². The van der Waals surface area contributed by atoms with E-state index >= 15 is 0 Å². The average molecular weight is 1310 g/mol. The van der Waals surface area contributed by atoms with Crippen molar-refractivity contribution in [3.8, 4) is 0 Å². The van der Waals surface area contributed by atoms with Crippen LogP contribution >= 0.6 is 7.82 Å². The highest BCUT2D eigenvalue weighted by Gasteiger charge is 2.70. The van der Waals surface area contributed by atoms with Crippen LogP contribution in [0.4, 0.5) is 0 Å². The van der Waals surface area contributed by atoms with E-state index in [1.165, 1.54) is 198 Å². The molecule has 5 rings (SSSR count). The van der Waals surface area contributed by atoms with Crippen molar-refractivity contribution in [3.05, 3.63) is 11.6 Å². The number of ketones is 1. The highest BCUT2D eigenvalue weighted by atomic mass is 31.2. The summed E-state index contributed by atoms with van der Waals surface area (Å²) in [5, 5.41) is 14.2. The van der Waals surface area contributed by atoms with E-state index in [9.17, 15) is 33.7 Å². The number of hydrogen-bond donors (Lipinski definition) is 3. The van der Waals surface area contributed by atoms with E-state index in [4.69, 9.17) is 18.5 Å². The van der Waals surface area contributed by atoms with Crippen LogP contribution in [0.5, 0.6) is 0 Å². The molecule has 92 heavy (non-hydrogen) atoms. The molecule has 534 valence electrons. The molecule has 13 heteroatoms. The Morgan fingerprint density at radius 2 is 0.989 bits per heavy atom. The van der Waals surface area contributed by atoms with E-state index in [0.717, 1.165) is 77.0 Å². The van der Waals surface area contributed by atoms with E-state index in [2.05, 4.69) is 60.7 Å². The zero-order valence-electron chi connectivity index (χ0n) is 61.0. The number of aliphatic hydroxyl groups is 1. The molecule has 0 saturated heterocycles. The normalized spacial score (nSPS) is 28.4. The fraction of sp³-hybridized carbons (Fsp3) is 0.924. The summed E-state index contributed by atoms with van der Waals surface area (Å²) in [7, 11) is -4.69. The van der Waals surface area contributed by atoms with Gasteiger partial charge < -0.3 is 24.8 Å². The van der Waals surface area contributed by atoms with Crippen LogP contribution in [0.1, 0.15) is 377 Å². The Labute approximate surface area is 563 Å². The second-order valence-corrected chi connectivity index (χ2v) is 34.0. The lowest BCUT2D eigenvalue weighted by Crippen LogP contribution is -2.66. The minimum Gasteiger partial charge on any atom is -0.462 e. The van der Waals surface area contributed by atoms with Gasteiger partial charge in [0.05, 0.1) is 19.3 Å². The summed E-state index contributed by atoms with van der Waals surface area (Å²) in [5.74, 6) is -0.603. The number of esters is 2. The van der Waals surface area contributed by atoms with Gasteiger partial charge in [0.1, 0.15) is 6.61 Å². The molecule has 12 nitrogen and oxygen atoms in total. The Morgan fingerprint density at radius 3 is 1.46 bits per heavy atom. The third-order valence-corrected chi connectivity index (χ3v) is 25.8. The van der Waals surface area contributed by atoms with Gasteiger partial charge in [-0.3, -0.25) is 28.2 Å². The Bertz CT molecular complexity index is 2220. The number of phosphoric ester groups is 1. The molecule has 2 unspecified atom stereocenters. The molecular weight excluding hydrogens is 1170 g/mol. The molecule has 5 aliphatic carbocycles. The number of aliphatic hydroxyl groups excluding tert-OH is 1. The molecule has 0 heterocycles. The summed E-state index contributed by atoms with van der Waals surface area (Å²) in [6.07, 6.45) is 56.8. The summed E-state index contributed by atoms with van der Waals surface area (Å²) in [5.41, 5.74) is -0.468. The van der Waals surface area contributed by atoms with Gasteiger partial charge in [-0.05, 0) is 116 Å². The Balaban J connectivity index is 1.02. The van der Waals surface area contributed by atoms with Gasteiger partial charge >= 0.3 is 19.8 Å². The molecule has 0 aromatic carbocycles. The number of phosphoric acid groups is 1. The number of unbranched alkanes of at least 4 members (excludes halogenated alkanes) is 36. The van der Waals surface area contributed by atoms with Crippen LogP contribution in [0.3, 0.4) is 0 Å². The first kappa shape index (κ1) is 80.6. The molecule has 4 fully saturated rings. The third-order valence-electron chi connectivity index (χ3n) is 24.9. The molecule has 0 spiro atoms. The number of nitrogens with one attached hydrogen (secondary N) is 1. The first-order valence-corrected chi connectivity index (χ1v) is 40.7. The number of ether oxygens (including phenoxy) is 2. The maximum absolute atomic E-state index is 14.9. The summed E-state index contributed by atoms with van der Waals surface area (Å²) >= 11 is 0. The molecule has 0 radical (unpaired) electrons. The third kappa shape index (κ3) is 25.0. The van der Waals surface area contributed by atoms with Gasteiger partial charge in [-0.25, -0.2) is 4.57 Å². The molecule has 0 aromatic heterocycles. The smallest absolute Gasteiger partial charge is 0.462 e. The molecule has 4 saturated carbocycles. The number of rotatable bonds is 51. The summed E-state index contributed by atoms with van der Waals surface area (Å²) < 4.78 is 35.5. The summed E-state index contributed by atoms with van der Waals surface area (Å²) in [4.78, 5) is 66.2. The van der Waals surface area contributed by atoms with Crippen LogP contribution in [0, 0.1) is 50.2 Å². The summed E-state index contributed by atoms with van der Waals surface area (Å²) in [6.45, 7) is 19.3. The van der Waals surface area contributed by atoms with Crippen LogP contribution in [0.2, 0.25) is 0 Å². The second-order valence-electron chi connectivity index (χ2n) is 32.5. The Hall–Kier alpha value is -2.11. The van der Waals surface area contributed by atoms with Gasteiger partial charge in [0, 0.05) is 30.7 Å². The fourth-order valence-corrected chi connectivity index (χ4v) is 19.2. The van der Waals surface area contributed by atoms with E-state index in [0.29, 0.717) is 32.1 Å². The minimum atomic E-state index is -4.69. The molecular formula is C79H142NO11P. The lowest BCUT2D eigenvalue weighted by molar-refractivity contribution is -0.202. The Kier molecular flexibility index (Phi) is 36.2. The second kappa shape index (κ2) is 41.3. The molecule has 0 bridgehead atoms. The number of allylic oxidation sites excluding steroid dienone is 2. The van der Waals surface area contributed by atoms with Crippen molar-refractivity contribution in [2.45, 2.75) is 389 Å². The lowest BCUT2D eigenvalue weighted by atomic mass is 9.33. The monoisotopic (exact) mass is 1310 g/mol. The zero-order valence-corrected chi connectivity index (χ0v) is 61.9.